The fraction of sp³-hybridized carbons (Fsp3) is 0.435. The third-order valence-corrected chi connectivity index (χ3v) is 8.14. The van der Waals surface area contributed by atoms with Crippen LogP contribution >= 0.6 is 23.1 Å². The number of nitrogens with zero attached hydrogens (tertiary/aromatic N) is 4. The monoisotopic (exact) mass is 456 g/mol. The number of carbonyl (C=O) groups excluding carboxylic acids is 1. The van der Waals surface area contributed by atoms with Crippen LogP contribution in [0.4, 0.5) is 4.39 Å². The summed E-state index contributed by atoms with van der Waals surface area (Å²) in [5.74, 6) is 3.45. The lowest BCUT2D eigenvalue weighted by atomic mass is 9.95. The molecule has 0 bridgehead atoms. The fourth-order valence-electron chi connectivity index (χ4n) is 4.50. The standard InChI is InChI=1S/C23H25FN4OS2/c24-18-5-3-16(4-6-18)20(29)2-1-9-27-10-7-17(8-11-27)22-25-26-23-19-14-30-15-21(19)31-13-12-28(22)23/h3-6,14-15,17H,1-2,7-13H2. The van der Waals surface area contributed by atoms with Gasteiger partial charge in [0.25, 0.3) is 0 Å². The van der Waals surface area contributed by atoms with Crippen LogP contribution in [0.25, 0.3) is 11.4 Å². The first kappa shape index (κ1) is 20.8. The van der Waals surface area contributed by atoms with E-state index in [-0.39, 0.29) is 11.6 Å². The first-order valence-corrected chi connectivity index (χ1v) is 12.8. The van der Waals surface area contributed by atoms with Crippen LogP contribution in [0.1, 0.15) is 47.8 Å². The molecule has 0 radical (unpaired) electrons. The summed E-state index contributed by atoms with van der Waals surface area (Å²) in [5, 5.41) is 13.6. The second-order valence-corrected chi connectivity index (χ2v) is 10.1. The zero-order chi connectivity index (χ0) is 21.2. The van der Waals surface area contributed by atoms with Crippen molar-refractivity contribution in [2.75, 3.05) is 25.4 Å². The van der Waals surface area contributed by atoms with E-state index < -0.39 is 0 Å². The number of ketones is 1. The Morgan fingerprint density at radius 1 is 1.10 bits per heavy atom. The summed E-state index contributed by atoms with van der Waals surface area (Å²) >= 11 is 3.64. The molecule has 0 atom stereocenters. The number of hydrogen-bond donors (Lipinski definition) is 0. The molecule has 1 aromatic carbocycles. The number of aromatic nitrogens is 3. The SMILES string of the molecule is O=C(CCCN1CCC(c2nnc3n2CCSc2cscc2-3)CC1)c1ccc(F)cc1. The number of rotatable bonds is 6. The van der Waals surface area contributed by atoms with E-state index in [1.165, 1.54) is 22.6 Å². The van der Waals surface area contributed by atoms with Crippen LogP contribution < -0.4 is 0 Å². The number of carbonyl (C=O) groups is 1. The van der Waals surface area contributed by atoms with Crippen molar-refractivity contribution in [3.63, 3.8) is 0 Å². The van der Waals surface area contributed by atoms with Crippen molar-refractivity contribution in [3.05, 3.63) is 52.2 Å². The van der Waals surface area contributed by atoms with Gasteiger partial charge in [-0.15, -0.1) is 22.0 Å². The van der Waals surface area contributed by atoms with E-state index in [9.17, 15) is 9.18 Å². The number of fused-ring (bicyclic) bond motifs is 3. The van der Waals surface area contributed by atoms with E-state index in [0.29, 0.717) is 17.9 Å². The van der Waals surface area contributed by atoms with Crippen molar-refractivity contribution in [3.8, 4) is 11.4 Å². The van der Waals surface area contributed by atoms with E-state index in [4.69, 9.17) is 0 Å². The molecule has 5 rings (SSSR count). The molecule has 0 N–H and O–H groups in total. The summed E-state index contributed by atoms with van der Waals surface area (Å²) in [4.78, 5) is 16.0. The minimum Gasteiger partial charge on any atom is -0.310 e. The van der Waals surface area contributed by atoms with Crippen molar-refractivity contribution in [2.45, 2.75) is 43.0 Å². The molecular weight excluding hydrogens is 431 g/mol. The lowest BCUT2D eigenvalue weighted by Gasteiger charge is -2.31. The highest BCUT2D eigenvalue weighted by Crippen LogP contribution is 2.38. The Morgan fingerprint density at radius 2 is 1.90 bits per heavy atom. The summed E-state index contributed by atoms with van der Waals surface area (Å²) in [7, 11) is 0. The molecule has 31 heavy (non-hydrogen) atoms. The van der Waals surface area contributed by atoms with E-state index in [2.05, 4.69) is 30.4 Å². The molecule has 2 aliphatic rings. The summed E-state index contributed by atoms with van der Waals surface area (Å²) < 4.78 is 15.4. The average Bonchev–Trinajstić information content (AvgIpc) is 3.38. The second-order valence-electron chi connectivity index (χ2n) is 8.18. The van der Waals surface area contributed by atoms with Gasteiger partial charge in [-0.3, -0.25) is 4.79 Å². The highest BCUT2D eigenvalue weighted by molar-refractivity contribution is 7.99. The van der Waals surface area contributed by atoms with Gasteiger partial charge in [-0.1, -0.05) is 0 Å². The second kappa shape index (κ2) is 9.22. The minimum absolute atomic E-state index is 0.0895. The first-order valence-electron chi connectivity index (χ1n) is 10.8. The predicted molar refractivity (Wildman–Crippen MR) is 122 cm³/mol. The van der Waals surface area contributed by atoms with Gasteiger partial charge in [0.2, 0.25) is 0 Å². The van der Waals surface area contributed by atoms with Crippen molar-refractivity contribution in [1.29, 1.82) is 0 Å². The lowest BCUT2D eigenvalue weighted by molar-refractivity contribution is 0.0972. The Labute approximate surface area is 189 Å². The Balaban J connectivity index is 1.14. The maximum Gasteiger partial charge on any atom is 0.165 e. The molecule has 0 spiro atoms. The Hall–Kier alpha value is -2.03. The third-order valence-electron chi connectivity index (χ3n) is 6.22. The molecule has 4 heterocycles. The third kappa shape index (κ3) is 4.47. The quantitative estimate of drug-likeness (QED) is 0.484. The molecule has 1 saturated heterocycles. The molecule has 0 saturated carbocycles. The average molecular weight is 457 g/mol. The fourth-order valence-corrected chi connectivity index (χ4v) is 6.50. The van der Waals surface area contributed by atoms with Crippen LogP contribution in [0.5, 0.6) is 0 Å². The van der Waals surface area contributed by atoms with Crippen molar-refractivity contribution < 1.29 is 9.18 Å². The van der Waals surface area contributed by atoms with Gasteiger partial charge in [-0.2, -0.15) is 11.3 Å². The molecule has 1 fully saturated rings. The van der Waals surface area contributed by atoms with Crippen LogP contribution in [0, 0.1) is 5.82 Å². The largest absolute Gasteiger partial charge is 0.310 e. The van der Waals surface area contributed by atoms with Crippen LogP contribution in [0.15, 0.2) is 39.9 Å². The minimum atomic E-state index is -0.307. The Morgan fingerprint density at radius 3 is 2.71 bits per heavy atom. The molecule has 2 aliphatic heterocycles. The van der Waals surface area contributed by atoms with Gasteiger partial charge in [0.05, 0.1) is 0 Å². The molecule has 0 amide bonds. The van der Waals surface area contributed by atoms with E-state index in [0.717, 1.165) is 62.8 Å². The predicted octanol–water partition coefficient (Wildman–Crippen LogP) is 5.09. The van der Waals surface area contributed by atoms with Crippen molar-refractivity contribution in [2.24, 2.45) is 0 Å². The number of Topliss-reactive ketones (excluding diaryl/α,β-unsaturated/α-hetero) is 1. The normalized spacial score (nSPS) is 17.2. The zero-order valence-electron chi connectivity index (χ0n) is 17.3. The highest BCUT2D eigenvalue weighted by atomic mass is 32.2. The molecule has 0 aliphatic carbocycles. The highest BCUT2D eigenvalue weighted by Gasteiger charge is 2.28. The summed E-state index contributed by atoms with van der Waals surface area (Å²) in [6.45, 7) is 3.94. The van der Waals surface area contributed by atoms with Crippen molar-refractivity contribution in [1.82, 2.24) is 19.7 Å². The van der Waals surface area contributed by atoms with Gasteiger partial charge in [0.1, 0.15) is 11.6 Å². The molecule has 3 aromatic rings. The van der Waals surface area contributed by atoms with Crippen LogP contribution in [0.3, 0.4) is 0 Å². The van der Waals surface area contributed by atoms with Crippen LogP contribution in [-0.2, 0) is 6.54 Å². The number of thioether (sulfide) groups is 1. The number of likely N-dealkylation sites (tertiary alicyclic amines) is 1. The number of halogens is 1. The number of thiophene rings is 1. The summed E-state index contributed by atoms with van der Waals surface area (Å²) in [6.07, 6.45) is 3.49. The van der Waals surface area contributed by atoms with Gasteiger partial charge in [0, 0.05) is 51.4 Å². The molecule has 8 heteroatoms. The van der Waals surface area contributed by atoms with Gasteiger partial charge in [0.15, 0.2) is 11.6 Å². The smallest absolute Gasteiger partial charge is 0.165 e. The number of piperidine rings is 1. The lowest BCUT2D eigenvalue weighted by Crippen LogP contribution is -2.34. The van der Waals surface area contributed by atoms with Gasteiger partial charge >= 0.3 is 0 Å². The molecule has 162 valence electrons. The molecule has 2 aromatic heterocycles. The summed E-state index contributed by atoms with van der Waals surface area (Å²) in [6, 6.07) is 5.84. The molecule has 5 nitrogen and oxygen atoms in total. The molecular formula is C23H25FN4OS2. The van der Waals surface area contributed by atoms with Crippen LogP contribution in [0.2, 0.25) is 0 Å². The van der Waals surface area contributed by atoms with Gasteiger partial charge in [-0.25, -0.2) is 4.39 Å². The number of hydrogen-bond acceptors (Lipinski definition) is 6. The van der Waals surface area contributed by atoms with Gasteiger partial charge in [-0.05, 0) is 63.2 Å². The van der Waals surface area contributed by atoms with E-state index >= 15 is 0 Å². The van der Waals surface area contributed by atoms with E-state index in [1.807, 2.05) is 11.8 Å². The maximum atomic E-state index is 13.0. The van der Waals surface area contributed by atoms with Crippen molar-refractivity contribution >= 4 is 28.9 Å². The van der Waals surface area contributed by atoms with E-state index in [1.54, 1.807) is 23.5 Å². The maximum absolute atomic E-state index is 13.0. The zero-order valence-corrected chi connectivity index (χ0v) is 18.9. The topological polar surface area (TPSA) is 51.0 Å². The molecule has 0 unspecified atom stereocenters. The number of benzene rings is 1. The van der Waals surface area contributed by atoms with Crippen LogP contribution in [-0.4, -0.2) is 50.8 Å². The Kier molecular flexibility index (Phi) is 6.20. The summed E-state index contributed by atoms with van der Waals surface area (Å²) in [5.41, 5.74) is 1.83. The Bertz CT molecular complexity index is 1050. The van der Waals surface area contributed by atoms with Gasteiger partial charge < -0.3 is 9.47 Å². The first-order chi connectivity index (χ1) is 15.2.